The first-order valence-electron chi connectivity index (χ1n) is 8.45. The van der Waals surface area contributed by atoms with Gasteiger partial charge in [0.2, 0.25) is 0 Å². The summed E-state index contributed by atoms with van der Waals surface area (Å²) in [6.45, 7) is 2.55. The van der Waals surface area contributed by atoms with Crippen LogP contribution in [0.1, 0.15) is 38.4 Å². The first kappa shape index (κ1) is 15.0. The van der Waals surface area contributed by atoms with Gasteiger partial charge in [0.05, 0.1) is 18.9 Å². The van der Waals surface area contributed by atoms with Crippen LogP contribution >= 0.6 is 0 Å². The predicted octanol–water partition coefficient (Wildman–Crippen LogP) is 1.74. The quantitative estimate of drug-likeness (QED) is 0.789. The van der Waals surface area contributed by atoms with Crippen molar-refractivity contribution in [2.45, 2.75) is 50.4 Å². The molecule has 23 heavy (non-hydrogen) atoms. The minimum absolute atomic E-state index is 0.108. The Hall–Kier alpha value is -1.53. The molecule has 2 aliphatic carbocycles. The number of amides is 2. The van der Waals surface area contributed by atoms with Crippen molar-refractivity contribution in [1.29, 1.82) is 0 Å². The molecule has 2 amide bonds. The number of rotatable bonds is 4. The summed E-state index contributed by atoms with van der Waals surface area (Å²) >= 11 is 0. The van der Waals surface area contributed by atoms with E-state index < -0.39 is 5.60 Å². The molecule has 0 bridgehead atoms. The number of nitrogens with one attached hydrogen (secondary N) is 2. The van der Waals surface area contributed by atoms with Gasteiger partial charge in [0.1, 0.15) is 11.4 Å². The minimum atomic E-state index is -1.21. The van der Waals surface area contributed by atoms with Crippen LogP contribution < -0.4 is 10.6 Å². The van der Waals surface area contributed by atoms with Crippen LogP contribution in [0.5, 0.6) is 0 Å². The van der Waals surface area contributed by atoms with Crippen LogP contribution in [0.4, 0.5) is 4.79 Å². The van der Waals surface area contributed by atoms with E-state index in [-0.39, 0.29) is 24.0 Å². The van der Waals surface area contributed by atoms with Gasteiger partial charge in [0.15, 0.2) is 0 Å². The monoisotopic (exact) mass is 320 g/mol. The number of furan rings is 1. The molecular formula is C17H24N2O4. The molecule has 4 atom stereocenters. The Balaban J connectivity index is 1.34. The van der Waals surface area contributed by atoms with Gasteiger partial charge in [-0.2, -0.15) is 0 Å². The maximum Gasteiger partial charge on any atom is 0.315 e. The Kier molecular flexibility index (Phi) is 3.43. The van der Waals surface area contributed by atoms with E-state index in [0.29, 0.717) is 17.8 Å². The van der Waals surface area contributed by atoms with Gasteiger partial charge in [0.25, 0.3) is 0 Å². The van der Waals surface area contributed by atoms with Gasteiger partial charge in [0, 0.05) is 24.0 Å². The normalized spacial score (nSPS) is 33.2. The van der Waals surface area contributed by atoms with Crippen LogP contribution in [0.2, 0.25) is 0 Å². The van der Waals surface area contributed by atoms with Crippen molar-refractivity contribution in [3.8, 4) is 0 Å². The van der Waals surface area contributed by atoms with Gasteiger partial charge < -0.3 is 24.9 Å². The molecule has 0 aromatic carbocycles. The molecule has 1 aromatic rings. The smallest absolute Gasteiger partial charge is 0.315 e. The zero-order valence-electron chi connectivity index (χ0n) is 13.4. The van der Waals surface area contributed by atoms with Gasteiger partial charge in [-0.05, 0) is 38.3 Å². The molecule has 6 heteroatoms. The van der Waals surface area contributed by atoms with Crippen LogP contribution in [0.3, 0.4) is 0 Å². The highest BCUT2D eigenvalue weighted by molar-refractivity contribution is 5.74. The van der Waals surface area contributed by atoms with Crippen LogP contribution in [-0.4, -0.2) is 36.4 Å². The maximum atomic E-state index is 12.3. The van der Waals surface area contributed by atoms with Crippen LogP contribution in [0.25, 0.3) is 0 Å². The molecule has 0 radical (unpaired) electrons. The van der Waals surface area contributed by atoms with Gasteiger partial charge in [-0.3, -0.25) is 0 Å². The standard InChI is InChI=1S/C17H24N2O4/c1-16(21,12-4-2-8-22-12)10-18-15(20)19-13-11-5-9-23-14(11)17(13)6-3-7-17/h2,4,8,11,13-14,21H,3,5-7,9-10H2,1H3,(H2,18,19,20). The highest BCUT2D eigenvalue weighted by atomic mass is 16.5. The second-order valence-electron chi connectivity index (χ2n) is 7.39. The summed E-state index contributed by atoms with van der Waals surface area (Å²) in [5, 5.41) is 16.3. The van der Waals surface area contributed by atoms with Crippen molar-refractivity contribution >= 4 is 6.03 Å². The molecule has 1 aliphatic heterocycles. The van der Waals surface area contributed by atoms with E-state index in [9.17, 15) is 9.90 Å². The van der Waals surface area contributed by atoms with E-state index in [1.165, 1.54) is 12.7 Å². The Morgan fingerprint density at radius 3 is 3.00 bits per heavy atom. The Bertz CT molecular complexity index is 579. The summed E-state index contributed by atoms with van der Waals surface area (Å²) in [6, 6.07) is 3.41. The van der Waals surface area contributed by atoms with E-state index in [2.05, 4.69) is 10.6 Å². The number of urea groups is 1. The number of hydrogen-bond acceptors (Lipinski definition) is 4. The Morgan fingerprint density at radius 2 is 2.35 bits per heavy atom. The third-order valence-electron chi connectivity index (χ3n) is 5.97. The van der Waals surface area contributed by atoms with Gasteiger partial charge in [-0.25, -0.2) is 4.79 Å². The molecule has 3 aliphatic rings. The highest BCUT2D eigenvalue weighted by Gasteiger charge is 2.67. The van der Waals surface area contributed by atoms with Crippen molar-refractivity contribution in [2.24, 2.45) is 11.3 Å². The first-order valence-corrected chi connectivity index (χ1v) is 8.45. The Morgan fingerprint density at radius 1 is 1.52 bits per heavy atom. The van der Waals surface area contributed by atoms with Crippen molar-refractivity contribution in [3.63, 3.8) is 0 Å². The second kappa shape index (κ2) is 5.24. The molecule has 126 valence electrons. The summed E-state index contributed by atoms with van der Waals surface area (Å²) in [4.78, 5) is 12.3. The Labute approximate surface area is 135 Å². The number of carbonyl (C=O) groups excluding carboxylic acids is 1. The van der Waals surface area contributed by atoms with E-state index >= 15 is 0 Å². The molecule has 4 rings (SSSR count). The van der Waals surface area contributed by atoms with E-state index in [1.807, 2.05) is 0 Å². The van der Waals surface area contributed by atoms with E-state index in [1.54, 1.807) is 19.1 Å². The van der Waals surface area contributed by atoms with Gasteiger partial charge in [-0.15, -0.1) is 0 Å². The maximum absolute atomic E-state index is 12.3. The highest BCUT2D eigenvalue weighted by Crippen LogP contribution is 2.62. The lowest BCUT2D eigenvalue weighted by molar-refractivity contribution is -0.172. The van der Waals surface area contributed by atoms with Crippen molar-refractivity contribution in [1.82, 2.24) is 10.6 Å². The molecule has 4 unspecified atom stereocenters. The van der Waals surface area contributed by atoms with Crippen molar-refractivity contribution in [2.75, 3.05) is 13.2 Å². The van der Waals surface area contributed by atoms with Crippen LogP contribution in [0.15, 0.2) is 22.8 Å². The zero-order chi connectivity index (χ0) is 16.1. The molecule has 1 spiro atoms. The molecular weight excluding hydrogens is 296 g/mol. The third kappa shape index (κ3) is 2.27. The molecule has 3 fully saturated rings. The average Bonchev–Trinajstić information content (AvgIpc) is 3.11. The first-order chi connectivity index (χ1) is 11.0. The molecule has 2 saturated carbocycles. The van der Waals surface area contributed by atoms with Crippen LogP contribution in [0, 0.1) is 11.3 Å². The van der Waals surface area contributed by atoms with Crippen molar-refractivity contribution in [3.05, 3.63) is 24.2 Å². The predicted molar refractivity (Wildman–Crippen MR) is 82.7 cm³/mol. The number of ether oxygens (including phenoxy) is 1. The molecule has 3 N–H and O–H groups in total. The molecule has 6 nitrogen and oxygen atoms in total. The van der Waals surface area contributed by atoms with E-state index in [0.717, 1.165) is 25.9 Å². The second-order valence-corrected chi connectivity index (χ2v) is 7.39. The molecule has 1 aromatic heterocycles. The lowest BCUT2D eigenvalue weighted by atomic mass is 9.46. The minimum Gasteiger partial charge on any atom is -0.466 e. The average molecular weight is 320 g/mol. The topological polar surface area (TPSA) is 83.7 Å². The fraction of sp³-hybridized carbons (Fsp3) is 0.706. The van der Waals surface area contributed by atoms with Crippen molar-refractivity contribution < 1.29 is 19.1 Å². The largest absolute Gasteiger partial charge is 0.466 e. The summed E-state index contributed by atoms with van der Waals surface area (Å²) in [6.07, 6.45) is 6.39. The van der Waals surface area contributed by atoms with Gasteiger partial charge in [-0.1, -0.05) is 6.42 Å². The number of fused-ring (bicyclic) bond motifs is 2. The summed E-state index contributed by atoms with van der Waals surface area (Å²) in [7, 11) is 0. The number of carbonyl (C=O) groups is 1. The lowest BCUT2D eigenvalue weighted by Crippen LogP contribution is -2.72. The summed E-state index contributed by atoms with van der Waals surface area (Å²) in [5.41, 5.74) is -1.05. The number of aliphatic hydroxyl groups is 1. The molecule has 1 saturated heterocycles. The van der Waals surface area contributed by atoms with Gasteiger partial charge >= 0.3 is 6.03 Å². The summed E-state index contributed by atoms with van der Waals surface area (Å²) < 4.78 is 11.1. The SMILES string of the molecule is CC(O)(CNC(=O)NC1C2CCOC2C12CCC2)c1ccco1. The number of hydrogen-bond donors (Lipinski definition) is 3. The van der Waals surface area contributed by atoms with E-state index in [4.69, 9.17) is 9.15 Å². The summed E-state index contributed by atoms with van der Waals surface area (Å²) in [5.74, 6) is 0.896. The molecule has 2 heterocycles. The van der Waals surface area contributed by atoms with Crippen LogP contribution in [-0.2, 0) is 10.3 Å². The fourth-order valence-electron chi connectivity index (χ4n) is 4.57. The zero-order valence-corrected chi connectivity index (χ0v) is 13.4. The third-order valence-corrected chi connectivity index (χ3v) is 5.97. The fourth-order valence-corrected chi connectivity index (χ4v) is 4.57. The lowest BCUT2D eigenvalue weighted by Gasteiger charge is -2.63.